The molecule has 0 amide bonds. The first-order chi connectivity index (χ1) is 6.81. The van der Waals surface area contributed by atoms with E-state index in [2.05, 4.69) is 21.7 Å². The van der Waals surface area contributed by atoms with Crippen molar-refractivity contribution in [3.05, 3.63) is 21.9 Å². The Morgan fingerprint density at radius 1 is 1.50 bits per heavy atom. The molecule has 3 rings (SSSR count). The normalized spacial score (nSPS) is 32.4. The second-order valence-corrected chi connectivity index (χ2v) is 5.49. The van der Waals surface area contributed by atoms with Crippen molar-refractivity contribution >= 4 is 22.9 Å². The second kappa shape index (κ2) is 3.20. The van der Waals surface area contributed by atoms with Crippen molar-refractivity contribution in [3.8, 4) is 0 Å². The average Bonchev–Trinajstić information content (AvgIpc) is 2.66. The van der Waals surface area contributed by atoms with Gasteiger partial charge in [-0.25, -0.2) is 0 Å². The molecule has 1 N–H and O–H groups in total. The zero-order valence-corrected chi connectivity index (χ0v) is 9.50. The van der Waals surface area contributed by atoms with E-state index in [1.165, 1.54) is 10.4 Å². The van der Waals surface area contributed by atoms with E-state index in [0.717, 1.165) is 32.6 Å². The lowest BCUT2D eigenvalue weighted by Gasteiger charge is -2.45. The summed E-state index contributed by atoms with van der Waals surface area (Å²) >= 11 is 8.52. The van der Waals surface area contributed by atoms with Crippen molar-refractivity contribution in [1.82, 2.24) is 10.2 Å². The Labute approximate surface area is 92.9 Å². The number of hydrogen-bond acceptors (Lipinski definition) is 3. The van der Waals surface area contributed by atoms with Gasteiger partial charge in [-0.15, -0.1) is 11.3 Å². The van der Waals surface area contributed by atoms with Gasteiger partial charge in [-0.05, 0) is 23.4 Å². The molecule has 1 aromatic rings. The van der Waals surface area contributed by atoms with Crippen LogP contribution >= 0.6 is 22.9 Å². The van der Waals surface area contributed by atoms with E-state index in [0.29, 0.717) is 0 Å². The van der Waals surface area contributed by atoms with Gasteiger partial charge in [-0.3, -0.25) is 4.90 Å². The fourth-order valence-corrected chi connectivity index (χ4v) is 3.98. The molecule has 2 aliphatic rings. The standard InChI is InChI=1S/C10H13ClN2S/c11-10-7-12-3-5-13(10)4-1-8-2-6-14-9(8)10/h2,6,12H,1,3-5,7H2. The van der Waals surface area contributed by atoms with Gasteiger partial charge in [0.2, 0.25) is 0 Å². The van der Waals surface area contributed by atoms with Gasteiger partial charge >= 0.3 is 0 Å². The highest BCUT2D eigenvalue weighted by Crippen LogP contribution is 2.42. The molecule has 0 aromatic carbocycles. The van der Waals surface area contributed by atoms with E-state index < -0.39 is 0 Å². The zero-order valence-electron chi connectivity index (χ0n) is 7.92. The smallest absolute Gasteiger partial charge is 0.144 e. The van der Waals surface area contributed by atoms with Crippen molar-refractivity contribution in [2.24, 2.45) is 0 Å². The second-order valence-electron chi connectivity index (χ2n) is 3.95. The van der Waals surface area contributed by atoms with E-state index in [1.54, 1.807) is 11.3 Å². The Bertz CT molecular complexity index is 352. The maximum Gasteiger partial charge on any atom is 0.144 e. The van der Waals surface area contributed by atoms with Gasteiger partial charge in [0.1, 0.15) is 5.00 Å². The van der Waals surface area contributed by atoms with Crippen LogP contribution in [0, 0.1) is 0 Å². The molecule has 1 saturated heterocycles. The van der Waals surface area contributed by atoms with Crippen LogP contribution in [-0.4, -0.2) is 31.1 Å². The highest BCUT2D eigenvalue weighted by Gasteiger charge is 2.43. The van der Waals surface area contributed by atoms with Crippen LogP contribution in [0.2, 0.25) is 0 Å². The Morgan fingerprint density at radius 3 is 3.36 bits per heavy atom. The molecule has 2 nitrogen and oxygen atoms in total. The van der Waals surface area contributed by atoms with Crippen LogP contribution in [0.15, 0.2) is 11.4 Å². The average molecular weight is 229 g/mol. The van der Waals surface area contributed by atoms with Gasteiger partial charge in [0.05, 0.1) is 0 Å². The van der Waals surface area contributed by atoms with Crippen molar-refractivity contribution in [3.63, 3.8) is 0 Å². The summed E-state index contributed by atoms with van der Waals surface area (Å²) in [6, 6.07) is 2.22. The van der Waals surface area contributed by atoms with Gasteiger partial charge in [0.25, 0.3) is 0 Å². The number of thiophene rings is 1. The summed E-state index contributed by atoms with van der Waals surface area (Å²) < 4.78 is 0. The molecular formula is C10H13ClN2S. The summed E-state index contributed by atoms with van der Waals surface area (Å²) in [4.78, 5) is 3.52. The monoisotopic (exact) mass is 228 g/mol. The molecule has 1 atom stereocenters. The predicted octanol–water partition coefficient (Wildman–Crippen LogP) is 1.60. The number of hydrogen-bond donors (Lipinski definition) is 1. The predicted molar refractivity (Wildman–Crippen MR) is 60.0 cm³/mol. The van der Waals surface area contributed by atoms with Crippen LogP contribution in [0.25, 0.3) is 0 Å². The third-order valence-corrected chi connectivity index (χ3v) is 4.95. The van der Waals surface area contributed by atoms with Crippen LogP contribution in [0.1, 0.15) is 10.4 Å². The Kier molecular flexibility index (Phi) is 2.10. The molecule has 1 unspecified atom stereocenters. The first-order valence-corrected chi connectivity index (χ1v) is 6.28. The van der Waals surface area contributed by atoms with Crippen molar-refractivity contribution < 1.29 is 0 Å². The molecule has 0 aliphatic carbocycles. The fourth-order valence-electron chi connectivity index (χ4n) is 2.39. The summed E-state index contributed by atoms with van der Waals surface area (Å²) in [7, 11) is 0. The number of nitrogens with zero attached hydrogens (tertiary/aromatic N) is 1. The lowest BCUT2D eigenvalue weighted by Crippen LogP contribution is -2.58. The number of rotatable bonds is 0. The molecule has 0 spiro atoms. The van der Waals surface area contributed by atoms with Crippen molar-refractivity contribution in [2.45, 2.75) is 11.4 Å². The summed E-state index contributed by atoms with van der Waals surface area (Å²) in [5.41, 5.74) is 1.45. The summed E-state index contributed by atoms with van der Waals surface area (Å²) in [5, 5.41) is 5.55. The Hall–Kier alpha value is -0.0900. The fraction of sp³-hybridized carbons (Fsp3) is 0.600. The molecule has 4 heteroatoms. The number of fused-ring (bicyclic) bond motifs is 3. The molecule has 14 heavy (non-hydrogen) atoms. The molecule has 3 heterocycles. The van der Waals surface area contributed by atoms with Gasteiger partial charge in [-0.1, -0.05) is 11.6 Å². The van der Waals surface area contributed by atoms with Gasteiger partial charge in [-0.2, -0.15) is 0 Å². The first-order valence-electron chi connectivity index (χ1n) is 5.02. The topological polar surface area (TPSA) is 15.3 Å². The largest absolute Gasteiger partial charge is 0.312 e. The minimum atomic E-state index is -0.250. The quantitative estimate of drug-likeness (QED) is 0.536. The molecule has 0 bridgehead atoms. The van der Waals surface area contributed by atoms with E-state index in [9.17, 15) is 0 Å². The van der Waals surface area contributed by atoms with Crippen molar-refractivity contribution in [2.75, 3.05) is 26.2 Å². The Balaban J connectivity index is 2.07. The highest BCUT2D eigenvalue weighted by molar-refractivity contribution is 7.10. The highest BCUT2D eigenvalue weighted by atomic mass is 35.5. The SMILES string of the molecule is ClC12CNCCN1CCc1ccsc12. The third kappa shape index (κ3) is 1.16. The van der Waals surface area contributed by atoms with E-state index in [4.69, 9.17) is 11.6 Å². The molecule has 0 radical (unpaired) electrons. The van der Waals surface area contributed by atoms with Crippen LogP contribution < -0.4 is 5.32 Å². The van der Waals surface area contributed by atoms with Crippen LogP contribution in [0.4, 0.5) is 0 Å². The van der Waals surface area contributed by atoms with E-state index in [-0.39, 0.29) is 5.00 Å². The summed E-state index contributed by atoms with van der Waals surface area (Å²) in [6.07, 6.45) is 1.16. The van der Waals surface area contributed by atoms with Gasteiger partial charge < -0.3 is 5.32 Å². The molecule has 76 valence electrons. The lowest BCUT2D eigenvalue weighted by molar-refractivity contribution is 0.120. The van der Waals surface area contributed by atoms with Crippen molar-refractivity contribution in [1.29, 1.82) is 0 Å². The van der Waals surface area contributed by atoms with E-state index in [1.807, 2.05) is 0 Å². The number of alkyl halides is 1. The maximum absolute atomic E-state index is 6.72. The maximum atomic E-state index is 6.72. The summed E-state index contributed by atoms with van der Waals surface area (Å²) in [5.74, 6) is 0. The lowest BCUT2D eigenvalue weighted by atomic mass is 9.99. The van der Waals surface area contributed by atoms with E-state index >= 15 is 0 Å². The minimum Gasteiger partial charge on any atom is -0.312 e. The zero-order chi connectivity index (χ0) is 9.60. The number of nitrogens with one attached hydrogen (secondary N) is 1. The number of piperazine rings is 1. The number of halogens is 1. The molecule has 0 saturated carbocycles. The molecule has 1 aromatic heterocycles. The van der Waals surface area contributed by atoms with Gasteiger partial charge in [0.15, 0.2) is 0 Å². The Morgan fingerprint density at radius 2 is 2.43 bits per heavy atom. The van der Waals surface area contributed by atoms with Gasteiger partial charge in [0, 0.05) is 31.1 Å². The minimum absolute atomic E-state index is 0.250. The molecule has 1 fully saturated rings. The van der Waals surface area contributed by atoms with Crippen LogP contribution in [0.3, 0.4) is 0 Å². The van der Waals surface area contributed by atoms with Crippen LogP contribution in [0.5, 0.6) is 0 Å². The molecule has 2 aliphatic heterocycles. The molecular weight excluding hydrogens is 216 g/mol. The van der Waals surface area contributed by atoms with Crippen LogP contribution in [-0.2, 0) is 11.4 Å². The first kappa shape index (κ1) is 9.16. The summed E-state index contributed by atoms with van der Waals surface area (Å²) in [6.45, 7) is 4.12. The third-order valence-electron chi connectivity index (χ3n) is 3.16.